The number of imidazole rings is 1. The van der Waals surface area contributed by atoms with Gasteiger partial charge >= 0.3 is 0 Å². The lowest BCUT2D eigenvalue weighted by molar-refractivity contribution is 0.240. The number of aromatic amines is 1. The van der Waals surface area contributed by atoms with Crippen LogP contribution in [0.2, 0.25) is 0 Å². The number of hydrogen-bond donors (Lipinski definition) is 3. The maximum atomic E-state index is 4.51. The van der Waals surface area contributed by atoms with Crippen molar-refractivity contribution in [2.24, 2.45) is 0 Å². The average Bonchev–Trinajstić information content (AvgIpc) is 2.87. The smallest absolute Gasteiger partial charge is 0.201 e. The number of aromatic nitrogens is 2. The van der Waals surface area contributed by atoms with Crippen molar-refractivity contribution in [2.45, 2.75) is 6.42 Å². The van der Waals surface area contributed by atoms with Gasteiger partial charge in [-0.15, -0.1) is 0 Å². The lowest BCUT2D eigenvalue weighted by Crippen LogP contribution is -2.44. The van der Waals surface area contributed by atoms with E-state index in [1.807, 2.05) is 24.3 Å². The molecule has 0 radical (unpaired) electrons. The van der Waals surface area contributed by atoms with E-state index >= 15 is 0 Å². The number of fused-ring (bicyclic) bond motifs is 1. The van der Waals surface area contributed by atoms with Gasteiger partial charge in [0.05, 0.1) is 11.0 Å². The number of nitrogens with zero attached hydrogens (tertiary/aromatic N) is 2. The molecule has 1 aromatic heterocycles. The molecule has 0 bridgehead atoms. The van der Waals surface area contributed by atoms with E-state index in [9.17, 15) is 0 Å². The lowest BCUT2D eigenvalue weighted by atomic mass is 10.3. The molecular formula is C14H21N5. The van der Waals surface area contributed by atoms with Crippen LogP contribution in [0.5, 0.6) is 0 Å². The lowest BCUT2D eigenvalue weighted by Gasteiger charge is -2.26. The van der Waals surface area contributed by atoms with E-state index in [0.29, 0.717) is 0 Å². The molecule has 2 heterocycles. The molecule has 0 unspecified atom stereocenters. The Kier molecular flexibility index (Phi) is 3.95. The average molecular weight is 259 g/mol. The highest BCUT2D eigenvalue weighted by atomic mass is 15.2. The highest BCUT2D eigenvalue weighted by Gasteiger charge is 2.08. The number of H-pyrrole nitrogens is 1. The highest BCUT2D eigenvalue weighted by molar-refractivity contribution is 5.77. The van der Waals surface area contributed by atoms with E-state index in [1.54, 1.807) is 0 Å². The van der Waals surface area contributed by atoms with E-state index in [2.05, 4.69) is 25.5 Å². The van der Waals surface area contributed by atoms with Gasteiger partial charge in [0.25, 0.3) is 0 Å². The Bertz CT molecular complexity index is 482. The van der Waals surface area contributed by atoms with Gasteiger partial charge in [-0.2, -0.15) is 0 Å². The molecule has 3 rings (SSSR count). The van der Waals surface area contributed by atoms with Gasteiger partial charge in [-0.05, 0) is 25.1 Å². The van der Waals surface area contributed by atoms with Crippen LogP contribution in [0, 0.1) is 0 Å². The van der Waals surface area contributed by atoms with Crippen molar-refractivity contribution in [3.05, 3.63) is 24.3 Å². The zero-order valence-corrected chi connectivity index (χ0v) is 11.2. The summed E-state index contributed by atoms with van der Waals surface area (Å²) in [4.78, 5) is 10.3. The van der Waals surface area contributed by atoms with E-state index in [0.717, 1.165) is 49.6 Å². The molecule has 1 fully saturated rings. The molecule has 5 nitrogen and oxygen atoms in total. The number of anilines is 1. The number of rotatable bonds is 5. The summed E-state index contributed by atoms with van der Waals surface area (Å²) in [5.41, 5.74) is 2.11. The zero-order valence-electron chi connectivity index (χ0n) is 11.2. The quantitative estimate of drug-likeness (QED) is 0.708. The predicted molar refractivity (Wildman–Crippen MR) is 78.5 cm³/mol. The minimum atomic E-state index is 0.876. The van der Waals surface area contributed by atoms with Crippen molar-refractivity contribution in [3.8, 4) is 0 Å². The number of para-hydroxylation sites is 2. The van der Waals surface area contributed by atoms with Gasteiger partial charge in [0.15, 0.2) is 0 Å². The SMILES string of the molecule is c1ccc2[nH]c(NCCCN3CCNCC3)nc2c1. The van der Waals surface area contributed by atoms with Crippen LogP contribution in [0.25, 0.3) is 11.0 Å². The first-order valence-corrected chi connectivity index (χ1v) is 7.03. The molecule has 2 aromatic rings. The van der Waals surface area contributed by atoms with Gasteiger partial charge < -0.3 is 20.5 Å². The molecule has 0 aliphatic carbocycles. The Labute approximate surface area is 113 Å². The first-order valence-electron chi connectivity index (χ1n) is 7.03. The summed E-state index contributed by atoms with van der Waals surface area (Å²) < 4.78 is 0. The third-order valence-corrected chi connectivity index (χ3v) is 3.54. The molecule has 1 saturated heterocycles. The fourth-order valence-corrected chi connectivity index (χ4v) is 2.48. The van der Waals surface area contributed by atoms with Crippen LogP contribution in [0.4, 0.5) is 5.95 Å². The summed E-state index contributed by atoms with van der Waals surface area (Å²) in [5, 5.41) is 6.74. The Balaban J connectivity index is 1.44. The summed E-state index contributed by atoms with van der Waals surface area (Å²) >= 11 is 0. The summed E-state index contributed by atoms with van der Waals surface area (Å²) in [5.74, 6) is 0.876. The molecule has 5 heteroatoms. The van der Waals surface area contributed by atoms with Gasteiger partial charge in [0.1, 0.15) is 0 Å². The summed E-state index contributed by atoms with van der Waals surface area (Å²) in [6.07, 6.45) is 1.15. The molecule has 0 amide bonds. The van der Waals surface area contributed by atoms with Crippen molar-refractivity contribution in [2.75, 3.05) is 44.6 Å². The maximum absolute atomic E-state index is 4.51. The van der Waals surface area contributed by atoms with Crippen molar-refractivity contribution >= 4 is 17.0 Å². The molecule has 0 atom stereocenters. The Morgan fingerprint density at radius 1 is 1.21 bits per heavy atom. The van der Waals surface area contributed by atoms with E-state index < -0.39 is 0 Å². The van der Waals surface area contributed by atoms with Gasteiger partial charge in [-0.25, -0.2) is 4.98 Å². The fraction of sp³-hybridized carbons (Fsp3) is 0.500. The molecule has 0 spiro atoms. The Morgan fingerprint density at radius 2 is 2.05 bits per heavy atom. The number of piperazine rings is 1. The van der Waals surface area contributed by atoms with Gasteiger partial charge in [-0.1, -0.05) is 12.1 Å². The van der Waals surface area contributed by atoms with Crippen molar-refractivity contribution < 1.29 is 0 Å². The topological polar surface area (TPSA) is 56.0 Å². The third-order valence-electron chi connectivity index (χ3n) is 3.54. The van der Waals surface area contributed by atoms with E-state index in [1.165, 1.54) is 13.1 Å². The molecular weight excluding hydrogens is 238 g/mol. The molecule has 1 aliphatic rings. The van der Waals surface area contributed by atoms with Gasteiger partial charge in [0.2, 0.25) is 5.95 Å². The van der Waals surface area contributed by atoms with Gasteiger partial charge in [-0.3, -0.25) is 0 Å². The van der Waals surface area contributed by atoms with Crippen molar-refractivity contribution in [1.29, 1.82) is 0 Å². The van der Waals surface area contributed by atoms with Crippen molar-refractivity contribution in [1.82, 2.24) is 20.2 Å². The first-order chi connectivity index (χ1) is 9.42. The number of benzene rings is 1. The van der Waals surface area contributed by atoms with E-state index in [-0.39, 0.29) is 0 Å². The second-order valence-corrected chi connectivity index (χ2v) is 4.97. The van der Waals surface area contributed by atoms with Gasteiger partial charge in [0, 0.05) is 32.7 Å². The largest absolute Gasteiger partial charge is 0.356 e. The summed E-state index contributed by atoms with van der Waals surface area (Å²) in [6.45, 7) is 6.71. The highest BCUT2D eigenvalue weighted by Crippen LogP contribution is 2.12. The Hall–Kier alpha value is -1.59. The van der Waals surface area contributed by atoms with Crippen molar-refractivity contribution in [3.63, 3.8) is 0 Å². The summed E-state index contributed by atoms with van der Waals surface area (Å²) in [6, 6.07) is 8.11. The molecule has 1 aliphatic heterocycles. The van der Waals surface area contributed by atoms with Crippen LogP contribution in [-0.4, -0.2) is 54.1 Å². The normalized spacial score (nSPS) is 16.8. The fourth-order valence-electron chi connectivity index (χ4n) is 2.48. The van der Waals surface area contributed by atoms with E-state index in [4.69, 9.17) is 0 Å². The number of hydrogen-bond acceptors (Lipinski definition) is 4. The first kappa shape index (κ1) is 12.4. The van der Waals surface area contributed by atoms with Crippen LogP contribution < -0.4 is 10.6 Å². The summed E-state index contributed by atoms with van der Waals surface area (Å²) in [7, 11) is 0. The molecule has 1 aromatic carbocycles. The predicted octanol–water partition coefficient (Wildman–Crippen LogP) is 1.27. The molecule has 0 saturated carbocycles. The maximum Gasteiger partial charge on any atom is 0.201 e. The Morgan fingerprint density at radius 3 is 2.89 bits per heavy atom. The second-order valence-electron chi connectivity index (χ2n) is 4.97. The minimum Gasteiger partial charge on any atom is -0.356 e. The molecule has 3 N–H and O–H groups in total. The second kappa shape index (κ2) is 6.04. The van der Waals surface area contributed by atoms with Crippen LogP contribution in [0.1, 0.15) is 6.42 Å². The monoisotopic (exact) mass is 259 g/mol. The van der Waals surface area contributed by atoms with Crippen LogP contribution in [0.3, 0.4) is 0 Å². The van der Waals surface area contributed by atoms with Crippen LogP contribution >= 0.6 is 0 Å². The molecule has 102 valence electrons. The van der Waals surface area contributed by atoms with Crippen LogP contribution in [-0.2, 0) is 0 Å². The minimum absolute atomic E-state index is 0.876. The standard InChI is InChI=1S/C14H21N5/c1-2-5-13-12(4-1)17-14(18-13)16-6-3-9-19-10-7-15-8-11-19/h1-2,4-5,15H,3,6-11H2,(H2,16,17,18). The number of nitrogens with one attached hydrogen (secondary N) is 3. The zero-order chi connectivity index (χ0) is 12.9. The van der Waals surface area contributed by atoms with Crippen LogP contribution in [0.15, 0.2) is 24.3 Å². The molecule has 19 heavy (non-hydrogen) atoms. The third kappa shape index (κ3) is 3.24.